The van der Waals surface area contributed by atoms with Gasteiger partial charge in [-0.3, -0.25) is 14.3 Å². The summed E-state index contributed by atoms with van der Waals surface area (Å²) in [5, 5.41) is 1.77. The van der Waals surface area contributed by atoms with Crippen LogP contribution >= 0.6 is 0 Å². The van der Waals surface area contributed by atoms with Crippen molar-refractivity contribution in [2.75, 3.05) is 17.8 Å². The van der Waals surface area contributed by atoms with Crippen LogP contribution in [0.2, 0.25) is 0 Å². The van der Waals surface area contributed by atoms with Crippen molar-refractivity contribution in [2.24, 2.45) is 0 Å². The Hall–Kier alpha value is -3.15. The normalized spacial score (nSPS) is 16.6. The van der Waals surface area contributed by atoms with Crippen LogP contribution in [-0.4, -0.2) is 50.4 Å². The van der Waals surface area contributed by atoms with Crippen molar-refractivity contribution in [3.8, 4) is 0 Å². The number of amides is 2. The van der Waals surface area contributed by atoms with E-state index in [-0.39, 0.29) is 29.1 Å². The monoisotopic (exact) mass is 473 g/mol. The van der Waals surface area contributed by atoms with Crippen molar-refractivity contribution in [3.63, 3.8) is 0 Å². The van der Waals surface area contributed by atoms with Crippen LogP contribution in [0.5, 0.6) is 0 Å². The molecule has 2 amide bonds. The number of rotatable bonds is 6. The van der Waals surface area contributed by atoms with E-state index in [9.17, 15) is 35.6 Å². The topological polar surface area (TPSA) is 95.6 Å². The average molecular weight is 473 g/mol. The number of benzene rings is 2. The summed E-state index contributed by atoms with van der Waals surface area (Å²) < 4.78 is 78.3. The molecule has 0 spiro atoms. The van der Waals surface area contributed by atoms with Crippen LogP contribution in [0.15, 0.2) is 53.4 Å². The minimum absolute atomic E-state index is 0.0723. The van der Waals surface area contributed by atoms with E-state index in [1.165, 1.54) is 36.4 Å². The number of nitrogens with one attached hydrogen (secondary N) is 2. The van der Waals surface area contributed by atoms with Crippen LogP contribution < -0.4 is 10.0 Å². The Bertz CT molecular complexity index is 1120. The molecule has 1 unspecified atom stereocenters. The minimum atomic E-state index is -4.59. The number of alkyl halides is 3. The molecule has 2 aromatic rings. The van der Waals surface area contributed by atoms with Gasteiger partial charge in [-0.1, -0.05) is 18.2 Å². The summed E-state index contributed by atoms with van der Waals surface area (Å²) >= 11 is 0. The molecule has 3 rings (SSSR count). The van der Waals surface area contributed by atoms with Crippen molar-refractivity contribution >= 4 is 27.5 Å². The lowest BCUT2D eigenvalue weighted by Gasteiger charge is -2.24. The molecule has 172 valence electrons. The molecular weight excluding hydrogens is 454 g/mol. The Kier molecular flexibility index (Phi) is 6.72. The van der Waals surface area contributed by atoms with Gasteiger partial charge in [0.2, 0.25) is 5.91 Å². The molecule has 1 aliphatic heterocycles. The lowest BCUT2D eigenvalue weighted by atomic mass is 10.1. The lowest BCUT2D eigenvalue weighted by Crippen LogP contribution is -2.48. The fraction of sp³-hybridized carbons (Fsp3) is 0.300. The van der Waals surface area contributed by atoms with Gasteiger partial charge < -0.3 is 10.2 Å². The van der Waals surface area contributed by atoms with Crippen LogP contribution in [0.3, 0.4) is 0 Å². The molecule has 1 heterocycles. The molecule has 1 fully saturated rings. The number of carbonyl (C=O) groups excluding carboxylic acids is 2. The maximum absolute atomic E-state index is 13.8. The molecule has 12 heteroatoms. The van der Waals surface area contributed by atoms with E-state index in [0.717, 1.165) is 17.0 Å². The van der Waals surface area contributed by atoms with E-state index in [0.29, 0.717) is 6.42 Å². The summed E-state index contributed by atoms with van der Waals surface area (Å²) in [6.45, 7) is -1.38. The number of hydrogen-bond donors (Lipinski definition) is 2. The average Bonchev–Trinajstić information content (AvgIpc) is 3.22. The van der Waals surface area contributed by atoms with Crippen LogP contribution in [-0.2, 0) is 14.8 Å². The SMILES string of the molecule is O=C(NCC(F)(F)F)C1CCCN1C(=O)c1cccc(S(=O)(=O)Nc2ccccc2F)c1. The quantitative estimate of drug-likeness (QED) is 0.631. The highest BCUT2D eigenvalue weighted by molar-refractivity contribution is 7.92. The van der Waals surface area contributed by atoms with Gasteiger partial charge in [0, 0.05) is 12.1 Å². The Labute approximate surface area is 181 Å². The summed E-state index contributed by atoms with van der Waals surface area (Å²) in [4.78, 5) is 25.9. The molecule has 0 radical (unpaired) electrons. The third-order valence-corrected chi connectivity index (χ3v) is 6.15. The zero-order valence-corrected chi connectivity index (χ0v) is 17.3. The molecular formula is C20H19F4N3O4S. The van der Waals surface area contributed by atoms with Gasteiger partial charge in [0.15, 0.2) is 0 Å². The van der Waals surface area contributed by atoms with Gasteiger partial charge in [-0.15, -0.1) is 0 Å². The summed E-state index contributed by atoms with van der Waals surface area (Å²) in [6, 6.07) is 8.95. The van der Waals surface area contributed by atoms with Gasteiger partial charge in [-0.2, -0.15) is 13.2 Å². The molecule has 0 aromatic heterocycles. The Balaban J connectivity index is 1.78. The van der Waals surface area contributed by atoms with Gasteiger partial charge in [-0.25, -0.2) is 12.8 Å². The van der Waals surface area contributed by atoms with Gasteiger partial charge in [-0.05, 0) is 43.2 Å². The molecule has 1 atom stereocenters. The number of nitrogens with zero attached hydrogens (tertiary/aromatic N) is 1. The lowest BCUT2D eigenvalue weighted by molar-refractivity contribution is -0.140. The maximum Gasteiger partial charge on any atom is 0.405 e. The van der Waals surface area contributed by atoms with E-state index < -0.39 is 46.4 Å². The summed E-state index contributed by atoms with van der Waals surface area (Å²) in [6.07, 6.45) is -4.00. The zero-order valence-electron chi connectivity index (χ0n) is 16.5. The minimum Gasteiger partial charge on any atom is -0.345 e. The molecule has 1 aliphatic rings. The third-order valence-electron chi connectivity index (χ3n) is 4.79. The van der Waals surface area contributed by atoms with Gasteiger partial charge in [0.25, 0.3) is 15.9 Å². The second-order valence-corrected chi connectivity index (χ2v) is 8.79. The molecule has 2 N–H and O–H groups in total. The van der Waals surface area contributed by atoms with Crippen LogP contribution in [0.4, 0.5) is 23.2 Å². The highest BCUT2D eigenvalue weighted by Gasteiger charge is 2.37. The number of hydrogen-bond acceptors (Lipinski definition) is 4. The predicted molar refractivity (Wildman–Crippen MR) is 107 cm³/mol. The Morgan fingerprint density at radius 3 is 2.50 bits per heavy atom. The smallest absolute Gasteiger partial charge is 0.345 e. The van der Waals surface area contributed by atoms with E-state index in [1.807, 2.05) is 0 Å². The van der Waals surface area contributed by atoms with Crippen LogP contribution in [0.25, 0.3) is 0 Å². The van der Waals surface area contributed by atoms with Crippen molar-refractivity contribution in [3.05, 3.63) is 59.9 Å². The van der Waals surface area contributed by atoms with Crippen molar-refractivity contribution < 1.29 is 35.6 Å². The van der Waals surface area contributed by atoms with Crippen molar-refractivity contribution in [2.45, 2.75) is 30.0 Å². The molecule has 32 heavy (non-hydrogen) atoms. The fourth-order valence-electron chi connectivity index (χ4n) is 3.30. The first kappa shape index (κ1) is 23.5. The Morgan fingerprint density at radius 2 is 1.81 bits per heavy atom. The van der Waals surface area contributed by atoms with Gasteiger partial charge in [0.05, 0.1) is 10.6 Å². The maximum atomic E-state index is 13.8. The molecule has 0 saturated carbocycles. The van der Waals surface area contributed by atoms with Crippen molar-refractivity contribution in [1.82, 2.24) is 10.2 Å². The fourth-order valence-corrected chi connectivity index (χ4v) is 4.41. The second kappa shape index (κ2) is 9.15. The van der Waals surface area contributed by atoms with E-state index >= 15 is 0 Å². The summed E-state index contributed by atoms with van der Waals surface area (Å²) in [7, 11) is -4.24. The molecule has 0 bridgehead atoms. The standard InChI is InChI=1S/C20H19F4N3O4S/c21-15-7-1-2-8-16(15)26-32(30,31)14-6-3-5-13(11-14)19(29)27-10-4-9-17(27)18(28)25-12-20(22,23)24/h1-3,5-8,11,17,26H,4,9-10,12H2,(H,25,28). The first-order valence-electron chi connectivity index (χ1n) is 9.51. The van der Waals surface area contributed by atoms with E-state index in [4.69, 9.17) is 0 Å². The van der Waals surface area contributed by atoms with E-state index in [2.05, 4.69) is 4.72 Å². The molecule has 2 aromatic carbocycles. The molecule has 0 aliphatic carbocycles. The first-order chi connectivity index (χ1) is 15.0. The largest absolute Gasteiger partial charge is 0.405 e. The number of para-hydroxylation sites is 1. The highest BCUT2D eigenvalue weighted by Crippen LogP contribution is 2.24. The number of sulfonamides is 1. The number of anilines is 1. The molecule has 1 saturated heterocycles. The van der Waals surface area contributed by atoms with Crippen LogP contribution in [0.1, 0.15) is 23.2 Å². The number of halogens is 4. The Morgan fingerprint density at radius 1 is 1.09 bits per heavy atom. The third kappa shape index (κ3) is 5.55. The highest BCUT2D eigenvalue weighted by atomic mass is 32.2. The summed E-state index contributed by atoms with van der Waals surface area (Å²) in [5.41, 5.74) is -0.345. The second-order valence-electron chi connectivity index (χ2n) is 7.10. The van der Waals surface area contributed by atoms with E-state index in [1.54, 1.807) is 5.32 Å². The van der Waals surface area contributed by atoms with Gasteiger partial charge in [0.1, 0.15) is 18.4 Å². The van der Waals surface area contributed by atoms with Crippen LogP contribution in [0, 0.1) is 5.82 Å². The molecule has 7 nitrogen and oxygen atoms in total. The summed E-state index contributed by atoms with van der Waals surface area (Å²) in [5.74, 6) is -2.41. The number of likely N-dealkylation sites (tertiary alicyclic amines) is 1. The van der Waals surface area contributed by atoms with Gasteiger partial charge >= 0.3 is 6.18 Å². The first-order valence-corrected chi connectivity index (χ1v) is 11.0. The zero-order chi connectivity index (χ0) is 23.5. The predicted octanol–water partition coefficient (Wildman–Crippen LogP) is 2.91. The van der Waals surface area contributed by atoms with Crippen molar-refractivity contribution in [1.29, 1.82) is 0 Å². The number of carbonyl (C=O) groups is 2.